The topological polar surface area (TPSA) is 29.5 Å². The summed E-state index contributed by atoms with van der Waals surface area (Å²) in [6, 6.07) is 21.0. The summed E-state index contributed by atoms with van der Waals surface area (Å²) in [5.41, 5.74) is -0.00813. The summed E-state index contributed by atoms with van der Waals surface area (Å²) in [6.45, 7) is 8.38. The molecule has 0 aromatic heterocycles. The van der Waals surface area contributed by atoms with E-state index in [2.05, 4.69) is 69.3 Å². The van der Waals surface area contributed by atoms with Crippen molar-refractivity contribution in [2.24, 2.45) is 5.41 Å². The average Bonchev–Trinajstić information content (AvgIpc) is 2.51. The first-order chi connectivity index (χ1) is 10.9. The molecular weight excluding hydrogens is 300 g/mol. The van der Waals surface area contributed by atoms with Gasteiger partial charge >= 0.3 is 0 Å². The largest absolute Gasteiger partial charge is 0.407 e. The van der Waals surface area contributed by atoms with Crippen molar-refractivity contribution in [3.63, 3.8) is 0 Å². The minimum atomic E-state index is -1.78. The van der Waals surface area contributed by atoms with Crippen LogP contribution in [0.25, 0.3) is 0 Å². The van der Waals surface area contributed by atoms with Crippen LogP contribution in [0.5, 0.6) is 0 Å². The second-order valence-corrected chi connectivity index (χ2v) is 9.64. The van der Waals surface area contributed by atoms with E-state index in [9.17, 15) is 5.11 Å². The summed E-state index contributed by atoms with van der Waals surface area (Å²) in [7, 11) is -1.78. The molecule has 0 saturated carbocycles. The van der Waals surface area contributed by atoms with E-state index in [1.54, 1.807) is 0 Å². The lowest BCUT2D eigenvalue weighted by molar-refractivity contribution is 0.0383. The number of aliphatic hydroxyl groups is 1. The van der Waals surface area contributed by atoms with Crippen molar-refractivity contribution in [2.45, 2.75) is 46.3 Å². The summed E-state index contributed by atoms with van der Waals surface area (Å²) >= 11 is 0. The second kappa shape index (κ2) is 7.91. The normalized spacial score (nSPS) is 14.7. The Morgan fingerprint density at radius 2 is 1.35 bits per heavy atom. The third-order valence-electron chi connectivity index (χ3n) is 4.03. The highest BCUT2D eigenvalue weighted by Gasteiger charge is 2.31. The first-order valence-electron chi connectivity index (χ1n) is 8.31. The van der Waals surface area contributed by atoms with Gasteiger partial charge in [0.15, 0.2) is 0 Å². The predicted octanol–water partition coefficient (Wildman–Crippen LogP) is 2.73. The maximum atomic E-state index is 9.88. The van der Waals surface area contributed by atoms with Crippen LogP contribution in [0.4, 0.5) is 0 Å². The Labute approximate surface area is 141 Å². The molecule has 0 aliphatic rings. The van der Waals surface area contributed by atoms with Crippen LogP contribution in [0.3, 0.4) is 0 Å². The van der Waals surface area contributed by atoms with Gasteiger partial charge in [-0.1, -0.05) is 81.4 Å². The Kier molecular flexibility index (Phi) is 6.16. The third kappa shape index (κ3) is 5.31. The van der Waals surface area contributed by atoms with Gasteiger partial charge in [-0.2, -0.15) is 0 Å². The van der Waals surface area contributed by atoms with Gasteiger partial charge in [0.2, 0.25) is 9.04 Å². The van der Waals surface area contributed by atoms with Crippen LogP contribution in [0.1, 0.15) is 34.1 Å². The zero-order valence-electron chi connectivity index (χ0n) is 14.6. The smallest absolute Gasteiger partial charge is 0.240 e. The van der Waals surface area contributed by atoms with Crippen molar-refractivity contribution in [2.75, 3.05) is 0 Å². The fourth-order valence-corrected chi connectivity index (χ4v) is 5.38. The molecule has 1 N–H and O–H groups in total. The van der Waals surface area contributed by atoms with Crippen LogP contribution >= 0.6 is 0 Å². The van der Waals surface area contributed by atoms with Gasteiger partial charge in [-0.15, -0.1) is 0 Å². The van der Waals surface area contributed by atoms with E-state index >= 15 is 0 Å². The zero-order valence-corrected chi connectivity index (χ0v) is 15.7. The van der Waals surface area contributed by atoms with Crippen molar-refractivity contribution in [3.05, 3.63) is 60.7 Å². The van der Waals surface area contributed by atoms with Crippen LogP contribution in [0, 0.1) is 5.41 Å². The van der Waals surface area contributed by atoms with Gasteiger partial charge in [0.25, 0.3) is 0 Å². The van der Waals surface area contributed by atoms with Gasteiger partial charge in [-0.25, -0.2) is 0 Å². The molecule has 23 heavy (non-hydrogen) atoms. The third-order valence-corrected chi connectivity index (χ3v) is 6.61. The Balaban J connectivity index is 2.34. The Morgan fingerprint density at radius 3 is 1.70 bits per heavy atom. The summed E-state index contributed by atoms with van der Waals surface area (Å²) < 4.78 is 6.68. The van der Waals surface area contributed by atoms with Crippen molar-refractivity contribution in [1.82, 2.24) is 0 Å². The van der Waals surface area contributed by atoms with Gasteiger partial charge in [-0.05, 0) is 29.1 Å². The van der Waals surface area contributed by atoms with Crippen molar-refractivity contribution >= 4 is 19.4 Å². The van der Waals surface area contributed by atoms with Gasteiger partial charge in [0, 0.05) is 0 Å². The predicted molar refractivity (Wildman–Crippen MR) is 99.9 cm³/mol. The van der Waals surface area contributed by atoms with Gasteiger partial charge in [0.05, 0.1) is 12.2 Å². The second-order valence-electron chi connectivity index (χ2n) is 7.28. The molecule has 0 aliphatic carbocycles. The fraction of sp³-hybridized carbons (Fsp3) is 0.400. The molecule has 2 aromatic carbocycles. The molecule has 124 valence electrons. The van der Waals surface area contributed by atoms with Crippen molar-refractivity contribution < 1.29 is 9.53 Å². The highest BCUT2D eigenvalue weighted by atomic mass is 28.3. The lowest BCUT2D eigenvalue weighted by Gasteiger charge is -2.35. The van der Waals surface area contributed by atoms with E-state index in [-0.39, 0.29) is 17.6 Å². The maximum Gasteiger partial charge on any atom is 0.240 e. The van der Waals surface area contributed by atoms with E-state index in [0.29, 0.717) is 6.42 Å². The van der Waals surface area contributed by atoms with E-state index in [4.69, 9.17) is 4.43 Å². The first kappa shape index (κ1) is 17.9. The lowest BCUT2D eigenvalue weighted by Crippen LogP contribution is -2.50. The number of aliphatic hydroxyl groups excluding tert-OH is 1. The molecule has 0 amide bonds. The van der Waals surface area contributed by atoms with Gasteiger partial charge < -0.3 is 9.53 Å². The van der Waals surface area contributed by atoms with Crippen LogP contribution in [-0.4, -0.2) is 26.4 Å². The minimum absolute atomic E-state index is 0.00813. The number of hydrogen-bond acceptors (Lipinski definition) is 2. The first-order valence-corrected chi connectivity index (χ1v) is 9.94. The Morgan fingerprint density at radius 1 is 0.913 bits per heavy atom. The van der Waals surface area contributed by atoms with Crippen LogP contribution in [0.2, 0.25) is 0 Å². The maximum absolute atomic E-state index is 9.88. The van der Waals surface area contributed by atoms with E-state index in [1.165, 1.54) is 10.4 Å². The lowest BCUT2D eigenvalue weighted by atomic mass is 9.86. The molecule has 0 radical (unpaired) electrons. The van der Waals surface area contributed by atoms with Crippen molar-refractivity contribution in [1.29, 1.82) is 0 Å². The molecule has 2 unspecified atom stereocenters. The fourth-order valence-electron chi connectivity index (χ4n) is 2.69. The summed E-state index contributed by atoms with van der Waals surface area (Å²) in [4.78, 5) is 0. The quantitative estimate of drug-likeness (QED) is 0.826. The highest BCUT2D eigenvalue weighted by Crippen LogP contribution is 2.26. The van der Waals surface area contributed by atoms with E-state index < -0.39 is 9.04 Å². The summed E-state index contributed by atoms with van der Waals surface area (Å²) in [5.74, 6) is 0. The highest BCUT2D eigenvalue weighted by molar-refractivity contribution is 6.80. The van der Waals surface area contributed by atoms with Gasteiger partial charge in [0.1, 0.15) is 0 Å². The Bertz CT molecular complexity index is 536. The molecule has 2 nitrogen and oxygen atoms in total. The molecular formula is C20H28O2Si. The molecule has 0 bridgehead atoms. The zero-order chi connectivity index (χ0) is 16.9. The van der Waals surface area contributed by atoms with E-state index in [0.717, 1.165) is 0 Å². The molecule has 0 fully saturated rings. The molecule has 2 aromatic rings. The van der Waals surface area contributed by atoms with Gasteiger partial charge in [-0.3, -0.25) is 0 Å². The van der Waals surface area contributed by atoms with Crippen LogP contribution in [0.15, 0.2) is 60.7 Å². The number of rotatable bonds is 6. The molecule has 0 spiro atoms. The number of hydrogen-bond donors (Lipinski definition) is 1. The minimum Gasteiger partial charge on any atom is -0.407 e. The molecule has 0 aliphatic heterocycles. The number of benzene rings is 2. The molecule has 0 heterocycles. The summed E-state index contributed by atoms with van der Waals surface area (Å²) in [5, 5.41) is 12.4. The monoisotopic (exact) mass is 328 g/mol. The Hall–Kier alpha value is -1.42. The molecule has 3 heteroatoms. The van der Waals surface area contributed by atoms with Crippen molar-refractivity contribution in [3.8, 4) is 0 Å². The molecule has 0 saturated heterocycles. The van der Waals surface area contributed by atoms with Crippen LogP contribution < -0.4 is 10.4 Å². The standard InChI is InChI=1S/C20H28O2Si/c1-16(21)15-19(20(2,3)4)22-23(17-11-7-5-8-12-17)18-13-9-6-10-14-18/h5-14,16,19,21,23H,15H2,1-4H3. The molecule has 2 rings (SSSR count). The van der Waals surface area contributed by atoms with E-state index in [1.807, 2.05) is 19.1 Å². The average molecular weight is 329 g/mol. The summed E-state index contributed by atoms with van der Waals surface area (Å²) in [6.07, 6.45) is 0.326. The van der Waals surface area contributed by atoms with Crippen LogP contribution in [-0.2, 0) is 4.43 Å². The molecule has 2 atom stereocenters. The SMILES string of the molecule is CC(O)CC(O[SiH](c1ccccc1)c1ccccc1)C(C)(C)C.